The van der Waals surface area contributed by atoms with E-state index in [0.29, 0.717) is 5.92 Å². The van der Waals surface area contributed by atoms with E-state index < -0.39 is 0 Å². The van der Waals surface area contributed by atoms with Crippen molar-refractivity contribution in [2.45, 2.75) is 45.1 Å². The Balaban J connectivity index is 1.90. The van der Waals surface area contributed by atoms with E-state index in [9.17, 15) is 0 Å². The summed E-state index contributed by atoms with van der Waals surface area (Å²) in [5.41, 5.74) is 7.41. The number of hydrogen-bond donors (Lipinski definition) is 1. The largest absolute Gasteiger partial charge is 0.384 e. The monoisotopic (exact) mass is 235 g/mol. The molecule has 1 atom stereocenters. The van der Waals surface area contributed by atoms with Gasteiger partial charge in [-0.05, 0) is 25.2 Å². The maximum atomic E-state index is 6.28. The molecule has 4 heteroatoms. The fourth-order valence-electron chi connectivity index (χ4n) is 2.98. The number of ether oxygens (including phenoxy) is 1. The molecule has 0 aromatic carbocycles. The van der Waals surface area contributed by atoms with E-state index in [1.807, 2.05) is 0 Å². The van der Waals surface area contributed by atoms with Gasteiger partial charge in [-0.2, -0.15) is 0 Å². The lowest BCUT2D eigenvalue weighted by molar-refractivity contribution is 0.0847. The number of rotatable bonds is 1. The van der Waals surface area contributed by atoms with Crippen LogP contribution >= 0.6 is 0 Å². The van der Waals surface area contributed by atoms with Crippen molar-refractivity contribution in [2.24, 2.45) is 5.92 Å². The molecule has 1 aromatic rings. The standard InChI is InChI=1S/C13H21N3O/c1-9-2-3-11-15-12(13(14)16(11)8-9)10-4-6-17-7-5-10/h9-10H,2-8,14H2,1H3. The van der Waals surface area contributed by atoms with Gasteiger partial charge < -0.3 is 15.0 Å². The van der Waals surface area contributed by atoms with E-state index in [1.54, 1.807) is 0 Å². The molecule has 17 heavy (non-hydrogen) atoms. The third-order valence-electron chi connectivity index (χ3n) is 4.08. The van der Waals surface area contributed by atoms with Crippen molar-refractivity contribution >= 4 is 5.82 Å². The van der Waals surface area contributed by atoms with E-state index in [-0.39, 0.29) is 0 Å². The zero-order valence-corrected chi connectivity index (χ0v) is 10.5. The molecule has 0 amide bonds. The molecule has 0 spiro atoms. The minimum Gasteiger partial charge on any atom is -0.384 e. The smallest absolute Gasteiger partial charge is 0.127 e. The molecular formula is C13H21N3O. The second-order valence-corrected chi connectivity index (χ2v) is 5.44. The number of hydrogen-bond acceptors (Lipinski definition) is 3. The maximum Gasteiger partial charge on any atom is 0.127 e. The van der Waals surface area contributed by atoms with Gasteiger partial charge >= 0.3 is 0 Å². The predicted molar refractivity (Wildman–Crippen MR) is 66.9 cm³/mol. The zero-order valence-electron chi connectivity index (χ0n) is 10.5. The second-order valence-electron chi connectivity index (χ2n) is 5.44. The summed E-state index contributed by atoms with van der Waals surface area (Å²) in [6, 6.07) is 0. The summed E-state index contributed by atoms with van der Waals surface area (Å²) in [5, 5.41) is 0. The van der Waals surface area contributed by atoms with E-state index in [1.165, 1.54) is 12.2 Å². The average molecular weight is 235 g/mol. The van der Waals surface area contributed by atoms with Gasteiger partial charge in [-0.15, -0.1) is 0 Å². The Hall–Kier alpha value is -1.03. The zero-order chi connectivity index (χ0) is 11.8. The van der Waals surface area contributed by atoms with Crippen molar-refractivity contribution in [2.75, 3.05) is 18.9 Å². The quantitative estimate of drug-likeness (QED) is 0.809. The first-order valence-electron chi connectivity index (χ1n) is 6.68. The number of nitrogens with zero attached hydrogens (tertiary/aromatic N) is 2. The van der Waals surface area contributed by atoms with E-state index in [2.05, 4.69) is 11.5 Å². The van der Waals surface area contributed by atoms with Gasteiger partial charge in [0.1, 0.15) is 11.6 Å². The first-order chi connectivity index (χ1) is 8.25. The van der Waals surface area contributed by atoms with Gasteiger partial charge in [0.15, 0.2) is 0 Å². The predicted octanol–water partition coefficient (Wildman–Crippen LogP) is 1.94. The summed E-state index contributed by atoms with van der Waals surface area (Å²) in [7, 11) is 0. The van der Waals surface area contributed by atoms with Crippen LogP contribution in [0, 0.1) is 5.92 Å². The summed E-state index contributed by atoms with van der Waals surface area (Å²) in [4.78, 5) is 4.79. The van der Waals surface area contributed by atoms with E-state index in [4.69, 9.17) is 15.5 Å². The minimum atomic E-state index is 0.511. The van der Waals surface area contributed by atoms with Crippen LogP contribution in [0.25, 0.3) is 0 Å². The average Bonchev–Trinajstić information content (AvgIpc) is 2.68. The van der Waals surface area contributed by atoms with Crippen LogP contribution in [0.15, 0.2) is 0 Å². The third kappa shape index (κ3) is 1.95. The molecule has 1 fully saturated rings. The van der Waals surface area contributed by atoms with Crippen LogP contribution in [0.1, 0.15) is 43.6 Å². The van der Waals surface area contributed by atoms with Crippen molar-refractivity contribution < 1.29 is 4.74 Å². The number of aryl methyl sites for hydroxylation is 1. The molecule has 0 radical (unpaired) electrons. The number of imidazole rings is 1. The van der Waals surface area contributed by atoms with Crippen molar-refractivity contribution in [3.05, 3.63) is 11.5 Å². The van der Waals surface area contributed by atoms with Gasteiger partial charge in [-0.1, -0.05) is 6.92 Å². The number of fused-ring (bicyclic) bond motifs is 1. The summed E-state index contributed by atoms with van der Waals surface area (Å²) in [5.74, 6) is 3.35. The number of nitrogens with two attached hydrogens (primary N) is 1. The first-order valence-corrected chi connectivity index (χ1v) is 6.68. The summed E-state index contributed by atoms with van der Waals surface area (Å²) in [6.45, 7) is 5.03. The molecule has 4 nitrogen and oxygen atoms in total. The van der Waals surface area contributed by atoms with Crippen molar-refractivity contribution in [1.29, 1.82) is 0 Å². The van der Waals surface area contributed by atoms with Crippen LogP contribution in [0.4, 0.5) is 5.82 Å². The van der Waals surface area contributed by atoms with Gasteiger partial charge in [0.2, 0.25) is 0 Å². The molecule has 0 saturated carbocycles. The van der Waals surface area contributed by atoms with Gasteiger partial charge in [0.05, 0.1) is 5.69 Å². The van der Waals surface area contributed by atoms with Gasteiger partial charge in [0.25, 0.3) is 0 Å². The van der Waals surface area contributed by atoms with Crippen LogP contribution in [0.2, 0.25) is 0 Å². The summed E-state index contributed by atoms with van der Waals surface area (Å²) in [6.07, 6.45) is 4.45. The number of anilines is 1. The number of nitrogen functional groups attached to an aromatic ring is 1. The molecule has 1 saturated heterocycles. The molecule has 0 aliphatic carbocycles. The number of aromatic nitrogens is 2. The Labute approximate surface area is 102 Å². The lowest BCUT2D eigenvalue weighted by Crippen LogP contribution is -2.19. The highest BCUT2D eigenvalue weighted by molar-refractivity contribution is 5.41. The molecule has 2 N–H and O–H groups in total. The highest BCUT2D eigenvalue weighted by Gasteiger charge is 2.26. The Morgan fingerprint density at radius 2 is 2.06 bits per heavy atom. The highest BCUT2D eigenvalue weighted by Crippen LogP contribution is 2.33. The van der Waals surface area contributed by atoms with E-state index >= 15 is 0 Å². The molecule has 1 aromatic heterocycles. The molecule has 3 rings (SSSR count). The molecule has 2 aliphatic rings. The first kappa shape index (κ1) is 11.1. The van der Waals surface area contributed by atoms with Crippen LogP contribution < -0.4 is 5.73 Å². The van der Waals surface area contributed by atoms with Crippen molar-refractivity contribution in [1.82, 2.24) is 9.55 Å². The highest BCUT2D eigenvalue weighted by atomic mass is 16.5. The maximum absolute atomic E-state index is 6.28. The second kappa shape index (κ2) is 4.33. The topological polar surface area (TPSA) is 53.1 Å². The summed E-state index contributed by atoms with van der Waals surface area (Å²) < 4.78 is 7.64. The van der Waals surface area contributed by atoms with Crippen molar-refractivity contribution in [3.8, 4) is 0 Å². The molecule has 3 heterocycles. The summed E-state index contributed by atoms with van der Waals surface area (Å²) >= 11 is 0. The van der Waals surface area contributed by atoms with Crippen LogP contribution in [0.5, 0.6) is 0 Å². The molecule has 1 unspecified atom stereocenters. The molecule has 2 aliphatic heterocycles. The Kier molecular flexibility index (Phi) is 2.82. The Morgan fingerprint density at radius 1 is 1.29 bits per heavy atom. The Morgan fingerprint density at radius 3 is 2.82 bits per heavy atom. The van der Waals surface area contributed by atoms with Gasteiger partial charge in [-0.3, -0.25) is 0 Å². The van der Waals surface area contributed by atoms with Crippen LogP contribution in [-0.2, 0) is 17.7 Å². The van der Waals surface area contributed by atoms with Crippen LogP contribution in [-0.4, -0.2) is 22.8 Å². The minimum absolute atomic E-state index is 0.511. The van der Waals surface area contributed by atoms with Gasteiger partial charge in [0, 0.05) is 32.1 Å². The fraction of sp³-hybridized carbons (Fsp3) is 0.769. The molecule has 0 bridgehead atoms. The normalized spacial score (nSPS) is 25.8. The van der Waals surface area contributed by atoms with Crippen LogP contribution in [0.3, 0.4) is 0 Å². The molecular weight excluding hydrogens is 214 g/mol. The lowest BCUT2D eigenvalue weighted by atomic mass is 9.96. The lowest BCUT2D eigenvalue weighted by Gasteiger charge is -2.22. The Bertz CT molecular complexity index is 407. The SMILES string of the molecule is CC1CCc2nc(C3CCOCC3)c(N)n2C1. The van der Waals surface area contributed by atoms with Crippen molar-refractivity contribution in [3.63, 3.8) is 0 Å². The molecule has 94 valence electrons. The van der Waals surface area contributed by atoms with E-state index in [0.717, 1.165) is 56.5 Å². The fourth-order valence-corrected chi connectivity index (χ4v) is 2.98. The van der Waals surface area contributed by atoms with Gasteiger partial charge in [-0.25, -0.2) is 4.98 Å². The third-order valence-corrected chi connectivity index (χ3v) is 4.08.